The van der Waals surface area contributed by atoms with E-state index in [-0.39, 0.29) is 5.97 Å². The van der Waals surface area contributed by atoms with Gasteiger partial charge in [-0.3, -0.25) is 0 Å². The van der Waals surface area contributed by atoms with E-state index in [1.165, 1.54) is 7.11 Å². The molecule has 0 atom stereocenters. The van der Waals surface area contributed by atoms with Gasteiger partial charge in [0.25, 0.3) is 0 Å². The molecule has 0 fully saturated rings. The van der Waals surface area contributed by atoms with E-state index in [9.17, 15) is 4.79 Å². The van der Waals surface area contributed by atoms with Gasteiger partial charge in [-0.15, -0.1) is 0 Å². The van der Waals surface area contributed by atoms with Gasteiger partial charge in [-0.1, -0.05) is 0 Å². The van der Waals surface area contributed by atoms with E-state index in [0.717, 1.165) is 18.7 Å². The monoisotopic (exact) mass is 267 g/mol. The standard InChI is InChI=1S/C14H21NO4/c1-15-8-11-18-9-3-10-19-13-6-4-12(5-7-13)14(16)17-2/h4-7,15H,3,8-11H2,1-2H3. The number of methoxy groups -OCH3 is 1. The number of benzene rings is 1. The van der Waals surface area contributed by atoms with E-state index < -0.39 is 0 Å². The first-order valence-corrected chi connectivity index (χ1v) is 6.31. The van der Waals surface area contributed by atoms with Crippen LogP contribution in [0.15, 0.2) is 24.3 Å². The highest BCUT2D eigenvalue weighted by Gasteiger charge is 2.04. The van der Waals surface area contributed by atoms with E-state index in [2.05, 4.69) is 10.1 Å². The summed E-state index contributed by atoms with van der Waals surface area (Å²) in [5.74, 6) is 0.396. The summed E-state index contributed by atoms with van der Waals surface area (Å²) in [6.07, 6.45) is 0.836. The van der Waals surface area contributed by atoms with Crippen molar-refractivity contribution < 1.29 is 19.0 Å². The summed E-state index contributed by atoms with van der Waals surface area (Å²) < 4.78 is 15.5. The van der Waals surface area contributed by atoms with Gasteiger partial charge in [0.05, 0.1) is 25.9 Å². The van der Waals surface area contributed by atoms with Crippen LogP contribution in [0.3, 0.4) is 0 Å². The fourth-order valence-corrected chi connectivity index (χ4v) is 1.43. The average molecular weight is 267 g/mol. The molecular weight excluding hydrogens is 246 g/mol. The summed E-state index contributed by atoms with van der Waals surface area (Å²) in [4.78, 5) is 11.2. The van der Waals surface area contributed by atoms with Crippen LogP contribution in [-0.4, -0.2) is 46.5 Å². The molecule has 0 radical (unpaired) electrons. The second kappa shape index (κ2) is 9.35. The van der Waals surface area contributed by atoms with Gasteiger partial charge in [-0.05, 0) is 31.3 Å². The SMILES string of the molecule is CNCCOCCCOc1ccc(C(=O)OC)cc1. The first-order valence-electron chi connectivity index (χ1n) is 6.31. The van der Waals surface area contributed by atoms with Gasteiger partial charge < -0.3 is 19.5 Å². The summed E-state index contributed by atoms with van der Waals surface area (Å²) in [6.45, 7) is 2.85. The first-order chi connectivity index (χ1) is 9.27. The third-order valence-electron chi connectivity index (χ3n) is 2.47. The Kier molecular flexibility index (Phi) is 7.62. The number of hydrogen-bond donors (Lipinski definition) is 1. The van der Waals surface area contributed by atoms with Crippen LogP contribution in [0.1, 0.15) is 16.8 Å². The number of likely N-dealkylation sites (N-methyl/N-ethyl adjacent to an activating group) is 1. The maximum Gasteiger partial charge on any atom is 0.337 e. The van der Waals surface area contributed by atoms with Gasteiger partial charge in [0.15, 0.2) is 0 Å². The Labute approximate surface area is 113 Å². The van der Waals surface area contributed by atoms with E-state index in [4.69, 9.17) is 9.47 Å². The molecule has 0 aromatic heterocycles. The van der Waals surface area contributed by atoms with Gasteiger partial charge in [0.2, 0.25) is 0 Å². The molecule has 0 bridgehead atoms. The Bertz CT molecular complexity index is 364. The van der Waals surface area contributed by atoms with Crippen molar-refractivity contribution in [3.63, 3.8) is 0 Å². The summed E-state index contributed by atoms with van der Waals surface area (Å²) in [7, 11) is 3.26. The largest absolute Gasteiger partial charge is 0.494 e. The van der Waals surface area contributed by atoms with Crippen LogP contribution in [0, 0.1) is 0 Å². The normalized spacial score (nSPS) is 10.2. The Balaban J connectivity index is 2.18. The molecule has 0 unspecified atom stereocenters. The van der Waals surface area contributed by atoms with E-state index in [1.54, 1.807) is 24.3 Å². The van der Waals surface area contributed by atoms with Crippen LogP contribution in [0.4, 0.5) is 0 Å². The van der Waals surface area contributed by atoms with Crippen LogP contribution >= 0.6 is 0 Å². The molecule has 5 heteroatoms. The molecule has 5 nitrogen and oxygen atoms in total. The molecule has 1 N–H and O–H groups in total. The van der Waals surface area contributed by atoms with Crippen molar-refractivity contribution in [2.75, 3.05) is 40.5 Å². The highest BCUT2D eigenvalue weighted by molar-refractivity contribution is 5.89. The number of rotatable bonds is 9. The van der Waals surface area contributed by atoms with Crippen LogP contribution in [0.25, 0.3) is 0 Å². The smallest absolute Gasteiger partial charge is 0.337 e. The number of nitrogens with one attached hydrogen (secondary N) is 1. The maximum absolute atomic E-state index is 11.2. The molecule has 0 amide bonds. The minimum absolute atomic E-state index is 0.343. The molecule has 19 heavy (non-hydrogen) atoms. The zero-order chi connectivity index (χ0) is 13.9. The summed E-state index contributed by atoms with van der Waals surface area (Å²) in [6, 6.07) is 6.89. The summed E-state index contributed by atoms with van der Waals surface area (Å²) in [5, 5.41) is 3.01. The molecule has 0 heterocycles. The van der Waals surface area contributed by atoms with E-state index >= 15 is 0 Å². The third-order valence-corrected chi connectivity index (χ3v) is 2.47. The molecule has 0 aliphatic carbocycles. The number of hydrogen-bond acceptors (Lipinski definition) is 5. The average Bonchev–Trinajstić information content (AvgIpc) is 2.46. The van der Waals surface area contributed by atoms with Crippen molar-refractivity contribution in [1.29, 1.82) is 0 Å². The van der Waals surface area contributed by atoms with Crippen molar-refractivity contribution >= 4 is 5.97 Å². The first kappa shape index (κ1) is 15.5. The van der Waals surface area contributed by atoms with Gasteiger partial charge in [0, 0.05) is 19.6 Å². The Morgan fingerprint density at radius 1 is 1.16 bits per heavy atom. The number of esters is 1. The lowest BCUT2D eigenvalue weighted by Gasteiger charge is -2.07. The van der Waals surface area contributed by atoms with Gasteiger partial charge in [0.1, 0.15) is 5.75 Å². The quantitative estimate of drug-likeness (QED) is 0.542. The summed E-state index contributed by atoms with van der Waals surface area (Å²) in [5.41, 5.74) is 0.519. The van der Waals surface area contributed by atoms with Crippen LogP contribution in [0.2, 0.25) is 0 Å². The third kappa shape index (κ3) is 6.22. The molecule has 0 saturated carbocycles. The van der Waals surface area contributed by atoms with Gasteiger partial charge >= 0.3 is 5.97 Å². The van der Waals surface area contributed by atoms with Crippen molar-refractivity contribution in [3.05, 3.63) is 29.8 Å². The topological polar surface area (TPSA) is 56.8 Å². The number of ether oxygens (including phenoxy) is 3. The van der Waals surface area contributed by atoms with E-state index in [0.29, 0.717) is 25.4 Å². The predicted molar refractivity (Wildman–Crippen MR) is 72.6 cm³/mol. The number of carbonyl (C=O) groups excluding carboxylic acids is 1. The van der Waals surface area contributed by atoms with Gasteiger partial charge in [-0.2, -0.15) is 0 Å². The molecule has 0 aliphatic heterocycles. The minimum atomic E-state index is -0.343. The van der Waals surface area contributed by atoms with Gasteiger partial charge in [-0.25, -0.2) is 4.79 Å². The molecule has 0 aliphatic rings. The zero-order valence-electron chi connectivity index (χ0n) is 11.5. The van der Waals surface area contributed by atoms with Crippen molar-refractivity contribution in [3.8, 4) is 5.75 Å². The van der Waals surface area contributed by atoms with E-state index in [1.807, 2.05) is 7.05 Å². The highest BCUT2D eigenvalue weighted by Crippen LogP contribution is 2.12. The molecule has 1 aromatic carbocycles. The van der Waals surface area contributed by atoms with Crippen molar-refractivity contribution in [2.24, 2.45) is 0 Å². The minimum Gasteiger partial charge on any atom is -0.494 e. The molecule has 106 valence electrons. The maximum atomic E-state index is 11.2. The lowest BCUT2D eigenvalue weighted by Crippen LogP contribution is -2.15. The zero-order valence-corrected chi connectivity index (χ0v) is 11.5. The molecule has 1 aromatic rings. The van der Waals surface area contributed by atoms with Crippen LogP contribution in [0.5, 0.6) is 5.75 Å². The molecular formula is C14H21NO4. The van der Waals surface area contributed by atoms with Crippen molar-refractivity contribution in [1.82, 2.24) is 5.32 Å². The van der Waals surface area contributed by atoms with Crippen LogP contribution in [-0.2, 0) is 9.47 Å². The predicted octanol–water partition coefficient (Wildman–Crippen LogP) is 1.48. The molecule has 0 spiro atoms. The fourth-order valence-electron chi connectivity index (χ4n) is 1.43. The second-order valence-electron chi connectivity index (χ2n) is 3.93. The fraction of sp³-hybridized carbons (Fsp3) is 0.500. The number of carbonyl (C=O) groups is 1. The summed E-state index contributed by atoms with van der Waals surface area (Å²) >= 11 is 0. The Morgan fingerprint density at radius 3 is 2.53 bits per heavy atom. The Morgan fingerprint density at radius 2 is 1.89 bits per heavy atom. The molecule has 1 rings (SSSR count). The second-order valence-corrected chi connectivity index (χ2v) is 3.93. The van der Waals surface area contributed by atoms with Crippen molar-refractivity contribution in [2.45, 2.75) is 6.42 Å². The lowest BCUT2D eigenvalue weighted by molar-refractivity contribution is 0.0600. The Hall–Kier alpha value is -1.59. The van der Waals surface area contributed by atoms with Crippen LogP contribution < -0.4 is 10.1 Å². The highest BCUT2D eigenvalue weighted by atomic mass is 16.5. The molecule has 0 saturated heterocycles. The lowest BCUT2D eigenvalue weighted by atomic mass is 10.2.